The van der Waals surface area contributed by atoms with Gasteiger partial charge in [-0.15, -0.1) is 10.2 Å². The maximum absolute atomic E-state index is 11.0. The molecule has 0 atom stereocenters. The lowest BCUT2D eigenvalue weighted by Gasteiger charge is -2.13. The molecule has 0 N–H and O–H groups in total. The molecule has 1 aliphatic heterocycles. The molecule has 0 radical (unpaired) electrons. The summed E-state index contributed by atoms with van der Waals surface area (Å²) < 4.78 is 2.11. The van der Waals surface area contributed by atoms with Crippen molar-refractivity contribution in [1.82, 2.24) is 19.7 Å². The second-order valence-corrected chi connectivity index (χ2v) is 3.66. The first-order chi connectivity index (χ1) is 6.68. The van der Waals surface area contributed by atoms with Crippen LogP contribution in [0.5, 0.6) is 0 Å². The lowest BCUT2D eigenvalue weighted by molar-refractivity contribution is -0.128. The summed E-state index contributed by atoms with van der Waals surface area (Å²) in [5.41, 5.74) is 0. The number of carbonyl (C=O) groups is 1. The van der Waals surface area contributed by atoms with Crippen LogP contribution in [-0.2, 0) is 24.3 Å². The fourth-order valence-electron chi connectivity index (χ4n) is 1.65. The lowest BCUT2D eigenvalue weighted by Crippen LogP contribution is -2.25. The second-order valence-electron chi connectivity index (χ2n) is 3.66. The van der Waals surface area contributed by atoms with Crippen molar-refractivity contribution in [1.29, 1.82) is 0 Å². The first kappa shape index (κ1) is 9.18. The molecule has 2 heterocycles. The van der Waals surface area contributed by atoms with E-state index in [9.17, 15) is 4.79 Å². The Morgan fingerprint density at radius 3 is 3.07 bits per heavy atom. The van der Waals surface area contributed by atoms with Gasteiger partial charge in [0.2, 0.25) is 5.91 Å². The summed E-state index contributed by atoms with van der Waals surface area (Å²) in [7, 11) is 1.78. The van der Waals surface area contributed by atoms with Crippen LogP contribution in [0.3, 0.4) is 0 Å². The third-order valence-corrected chi connectivity index (χ3v) is 2.60. The molecular formula is C9H14N4O. The summed E-state index contributed by atoms with van der Waals surface area (Å²) in [6, 6.07) is 0. The van der Waals surface area contributed by atoms with Crippen molar-refractivity contribution in [2.24, 2.45) is 0 Å². The second kappa shape index (κ2) is 3.40. The first-order valence-corrected chi connectivity index (χ1v) is 4.81. The molecule has 1 amide bonds. The van der Waals surface area contributed by atoms with E-state index in [0.717, 1.165) is 31.0 Å². The standard InChI is InChI=1S/C9H14N4O/c1-7(14)12(2)6-9-11-10-8-4-3-5-13(8)9/h3-6H2,1-2H3. The Kier molecular flexibility index (Phi) is 2.23. The van der Waals surface area contributed by atoms with Crippen LogP contribution in [0.25, 0.3) is 0 Å². The van der Waals surface area contributed by atoms with Crippen LogP contribution in [0, 0.1) is 0 Å². The SMILES string of the molecule is CC(=O)N(C)Cc1nnc2n1CCC2. The van der Waals surface area contributed by atoms with Crippen LogP contribution >= 0.6 is 0 Å². The smallest absolute Gasteiger partial charge is 0.219 e. The van der Waals surface area contributed by atoms with E-state index < -0.39 is 0 Å². The topological polar surface area (TPSA) is 51.0 Å². The molecule has 0 unspecified atom stereocenters. The van der Waals surface area contributed by atoms with E-state index in [1.54, 1.807) is 18.9 Å². The first-order valence-electron chi connectivity index (χ1n) is 4.81. The van der Waals surface area contributed by atoms with Crippen LogP contribution in [0.2, 0.25) is 0 Å². The molecular weight excluding hydrogens is 180 g/mol. The van der Waals surface area contributed by atoms with Gasteiger partial charge in [0, 0.05) is 26.9 Å². The number of fused-ring (bicyclic) bond motifs is 1. The van der Waals surface area contributed by atoms with Crippen molar-refractivity contribution in [2.45, 2.75) is 32.9 Å². The Hall–Kier alpha value is -1.39. The number of hydrogen-bond acceptors (Lipinski definition) is 3. The Bertz CT molecular complexity index is 358. The summed E-state index contributed by atoms with van der Waals surface area (Å²) in [5.74, 6) is 2.01. The highest BCUT2D eigenvalue weighted by Crippen LogP contribution is 2.14. The fourth-order valence-corrected chi connectivity index (χ4v) is 1.65. The van der Waals surface area contributed by atoms with E-state index in [4.69, 9.17) is 0 Å². The van der Waals surface area contributed by atoms with Crippen molar-refractivity contribution in [3.63, 3.8) is 0 Å². The molecule has 0 aliphatic carbocycles. The van der Waals surface area contributed by atoms with Crippen LogP contribution in [-0.4, -0.2) is 32.6 Å². The van der Waals surface area contributed by atoms with Gasteiger partial charge in [-0.2, -0.15) is 0 Å². The van der Waals surface area contributed by atoms with Crippen LogP contribution in [0.1, 0.15) is 25.0 Å². The maximum Gasteiger partial charge on any atom is 0.219 e. The summed E-state index contributed by atoms with van der Waals surface area (Å²) in [6.07, 6.45) is 2.15. The number of aromatic nitrogens is 3. The van der Waals surface area contributed by atoms with Crippen molar-refractivity contribution in [3.05, 3.63) is 11.6 Å². The molecule has 14 heavy (non-hydrogen) atoms. The number of rotatable bonds is 2. The van der Waals surface area contributed by atoms with E-state index in [-0.39, 0.29) is 5.91 Å². The van der Waals surface area contributed by atoms with Crippen molar-refractivity contribution >= 4 is 5.91 Å². The third-order valence-electron chi connectivity index (χ3n) is 2.60. The monoisotopic (exact) mass is 194 g/mol. The quantitative estimate of drug-likeness (QED) is 0.676. The summed E-state index contributed by atoms with van der Waals surface area (Å²) in [6.45, 7) is 3.10. The van der Waals surface area contributed by atoms with Crippen molar-refractivity contribution in [2.75, 3.05) is 7.05 Å². The van der Waals surface area contributed by atoms with Crippen LogP contribution < -0.4 is 0 Å². The third kappa shape index (κ3) is 1.49. The number of carbonyl (C=O) groups excluding carboxylic acids is 1. The molecule has 1 aliphatic rings. The van der Waals surface area contributed by atoms with E-state index in [2.05, 4.69) is 14.8 Å². The average molecular weight is 194 g/mol. The zero-order valence-electron chi connectivity index (χ0n) is 8.53. The molecule has 0 bridgehead atoms. The molecule has 0 saturated carbocycles. The molecule has 2 rings (SSSR count). The van der Waals surface area contributed by atoms with Gasteiger partial charge in [-0.3, -0.25) is 4.79 Å². The molecule has 0 fully saturated rings. The van der Waals surface area contributed by atoms with Gasteiger partial charge in [0.1, 0.15) is 5.82 Å². The fraction of sp³-hybridized carbons (Fsp3) is 0.667. The Balaban J connectivity index is 2.14. The molecule has 5 nitrogen and oxygen atoms in total. The van der Waals surface area contributed by atoms with Gasteiger partial charge in [0.25, 0.3) is 0 Å². The van der Waals surface area contributed by atoms with Crippen molar-refractivity contribution in [3.8, 4) is 0 Å². The number of aryl methyl sites for hydroxylation is 1. The maximum atomic E-state index is 11.0. The van der Waals surface area contributed by atoms with Gasteiger partial charge in [-0.25, -0.2) is 0 Å². The zero-order valence-corrected chi connectivity index (χ0v) is 8.53. The molecule has 0 spiro atoms. The molecule has 1 aromatic rings. The number of hydrogen-bond donors (Lipinski definition) is 0. The van der Waals surface area contributed by atoms with Crippen molar-refractivity contribution < 1.29 is 4.79 Å². The van der Waals surface area contributed by atoms with Gasteiger partial charge in [0.05, 0.1) is 6.54 Å². The molecule has 5 heteroatoms. The van der Waals surface area contributed by atoms with Gasteiger partial charge >= 0.3 is 0 Å². The zero-order chi connectivity index (χ0) is 10.1. The van der Waals surface area contributed by atoms with Gasteiger partial charge in [0.15, 0.2) is 5.82 Å². The molecule has 0 saturated heterocycles. The highest BCUT2D eigenvalue weighted by atomic mass is 16.2. The van der Waals surface area contributed by atoms with E-state index in [1.165, 1.54) is 0 Å². The van der Waals surface area contributed by atoms with Crippen LogP contribution in [0.4, 0.5) is 0 Å². The molecule has 76 valence electrons. The predicted molar refractivity (Wildman–Crippen MR) is 50.5 cm³/mol. The number of amides is 1. The van der Waals surface area contributed by atoms with E-state index in [0.29, 0.717) is 6.54 Å². The Labute approximate surface area is 82.7 Å². The minimum Gasteiger partial charge on any atom is -0.338 e. The minimum absolute atomic E-state index is 0.0559. The van der Waals surface area contributed by atoms with Gasteiger partial charge < -0.3 is 9.47 Å². The largest absolute Gasteiger partial charge is 0.338 e. The summed E-state index contributed by atoms with van der Waals surface area (Å²) in [4.78, 5) is 12.7. The molecule has 1 aromatic heterocycles. The lowest BCUT2D eigenvalue weighted by atomic mass is 10.4. The van der Waals surface area contributed by atoms with E-state index in [1.807, 2.05) is 0 Å². The van der Waals surface area contributed by atoms with Gasteiger partial charge in [-0.05, 0) is 6.42 Å². The summed E-state index contributed by atoms with van der Waals surface area (Å²) >= 11 is 0. The van der Waals surface area contributed by atoms with Crippen LogP contribution in [0.15, 0.2) is 0 Å². The number of nitrogens with zero attached hydrogens (tertiary/aromatic N) is 4. The average Bonchev–Trinajstić information content (AvgIpc) is 2.69. The summed E-state index contributed by atoms with van der Waals surface area (Å²) in [5, 5.41) is 8.16. The normalized spacial score (nSPS) is 14.1. The van der Waals surface area contributed by atoms with E-state index >= 15 is 0 Å². The Morgan fingerprint density at radius 2 is 2.36 bits per heavy atom. The Morgan fingerprint density at radius 1 is 1.57 bits per heavy atom. The van der Waals surface area contributed by atoms with Gasteiger partial charge in [-0.1, -0.05) is 0 Å². The highest BCUT2D eigenvalue weighted by Gasteiger charge is 2.18. The predicted octanol–water partition coefficient (Wildman–Crippen LogP) is 0.203. The highest BCUT2D eigenvalue weighted by molar-refractivity contribution is 5.72. The minimum atomic E-state index is 0.0559. The molecule has 0 aromatic carbocycles.